The summed E-state index contributed by atoms with van der Waals surface area (Å²) in [6, 6.07) is 7.43. The van der Waals surface area contributed by atoms with Crippen LogP contribution in [0.1, 0.15) is 31.2 Å². The molecule has 31 heavy (non-hydrogen) atoms. The van der Waals surface area contributed by atoms with Gasteiger partial charge in [-0.1, -0.05) is 24.3 Å². The van der Waals surface area contributed by atoms with Crippen molar-refractivity contribution >= 4 is 17.7 Å². The fourth-order valence-corrected chi connectivity index (χ4v) is 3.41. The summed E-state index contributed by atoms with van der Waals surface area (Å²) < 4.78 is 16.8. The number of carbonyl (C=O) groups is 2. The molecular formula is C23H34N2O6. The van der Waals surface area contributed by atoms with Gasteiger partial charge in [0.2, 0.25) is 0 Å². The number of nitrogens with zero attached hydrogens (tertiary/aromatic N) is 2. The van der Waals surface area contributed by atoms with Crippen LogP contribution in [0.3, 0.4) is 0 Å². The number of amides is 2. The van der Waals surface area contributed by atoms with E-state index in [1.54, 1.807) is 26.1 Å². The number of carboxylic acid groups (broad SMARTS) is 1. The summed E-state index contributed by atoms with van der Waals surface area (Å²) in [5.74, 6) is -0.857. The van der Waals surface area contributed by atoms with Gasteiger partial charge in [-0.2, -0.15) is 0 Å². The molecule has 1 N–H and O–H groups in total. The van der Waals surface area contributed by atoms with Crippen molar-refractivity contribution in [2.24, 2.45) is 0 Å². The molecule has 0 spiro atoms. The monoisotopic (exact) mass is 434 g/mol. The zero-order valence-corrected chi connectivity index (χ0v) is 18.7. The summed E-state index contributed by atoms with van der Waals surface area (Å²) in [6.45, 7) is 2.78. The van der Waals surface area contributed by atoms with Crippen molar-refractivity contribution in [3.63, 3.8) is 0 Å². The zero-order chi connectivity index (χ0) is 22.7. The maximum atomic E-state index is 12.5. The Bertz CT molecular complexity index is 728. The fraction of sp³-hybridized carbons (Fsp3) is 0.565. The van der Waals surface area contributed by atoms with Crippen molar-refractivity contribution in [2.75, 3.05) is 52.5 Å². The van der Waals surface area contributed by atoms with Crippen molar-refractivity contribution in [3.05, 3.63) is 42.0 Å². The van der Waals surface area contributed by atoms with Crippen LogP contribution in [0.5, 0.6) is 0 Å². The van der Waals surface area contributed by atoms with Gasteiger partial charge in [0, 0.05) is 65.9 Å². The quantitative estimate of drug-likeness (QED) is 0.425. The highest BCUT2D eigenvalue weighted by molar-refractivity contribution is 5.91. The average molecular weight is 435 g/mol. The Hall–Kier alpha value is -2.42. The highest BCUT2D eigenvalue weighted by Crippen LogP contribution is 2.25. The molecule has 1 aromatic carbocycles. The van der Waals surface area contributed by atoms with Crippen LogP contribution in [0.2, 0.25) is 0 Å². The van der Waals surface area contributed by atoms with Crippen LogP contribution in [0.25, 0.3) is 0 Å². The second kappa shape index (κ2) is 12.4. The normalized spacial score (nSPS) is 15.7. The number of methoxy groups -OCH3 is 1. The standard InChI is InChI=1S/C23H34N2O6/c1-24(14-4-6-21(26)27)22(28)25(2)20-9-7-19(8-10-20)18-31-15-5-11-23(29-3)12-16-30-17-13-23/h5,7-11H,4,6,12-18H2,1-3H3,(H,26,27)/b11-5+. The minimum atomic E-state index is -0.857. The van der Waals surface area contributed by atoms with Gasteiger partial charge in [0.15, 0.2) is 0 Å². The topological polar surface area (TPSA) is 88.5 Å². The van der Waals surface area contributed by atoms with E-state index in [-0.39, 0.29) is 18.1 Å². The first-order chi connectivity index (χ1) is 14.9. The van der Waals surface area contributed by atoms with Crippen LogP contribution in [-0.2, 0) is 25.6 Å². The van der Waals surface area contributed by atoms with E-state index < -0.39 is 5.97 Å². The molecule has 1 fully saturated rings. The Morgan fingerprint density at radius 1 is 1.19 bits per heavy atom. The van der Waals surface area contributed by atoms with Crippen LogP contribution in [0.15, 0.2) is 36.4 Å². The molecule has 2 amide bonds. The Labute approximate surface area is 184 Å². The predicted octanol–water partition coefficient (Wildman–Crippen LogP) is 3.31. The van der Waals surface area contributed by atoms with Gasteiger partial charge in [-0.3, -0.25) is 9.69 Å². The third kappa shape index (κ3) is 7.97. The molecule has 1 aliphatic rings. The van der Waals surface area contributed by atoms with E-state index in [1.165, 1.54) is 4.90 Å². The molecule has 8 nitrogen and oxygen atoms in total. The van der Waals surface area contributed by atoms with Gasteiger partial charge in [0.1, 0.15) is 0 Å². The number of carboxylic acids is 1. The lowest BCUT2D eigenvalue weighted by molar-refractivity contribution is -0.137. The molecule has 1 saturated heterocycles. The summed E-state index contributed by atoms with van der Waals surface area (Å²) in [5.41, 5.74) is 1.53. The van der Waals surface area contributed by atoms with Gasteiger partial charge in [0.25, 0.3) is 0 Å². The zero-order valence-electron chi connectivity index (χ0n) is 18.7. The maximum absolute atomic E-state index is 12.5. The number of urea groups is 1. The minimum absolute atomic E-state index is 0.0477. The van der Waals surface area contributed by atoms with Crippen molar-refractivity contribution in [1.29, 1.82) is 0 Å². The molecule has 0 aromatic heterocycles. The number of hydrogen-bond acceptors (Lipinski definition) is 5. The smallest absolute Gasteiger partial charge is 0.323 e. The summed E-state index contributed by atoms with van der Waals surface area (Å²) in [7, 11) is 5.10. The molecule has 172 valence electrons. The average Bonchev–Trinajstić information content (AvgIpc) is 2.78. The molecular weight excluding hydrogens is 400 g/mol. The van der Waals surface area contributed by atoms with E-state index in [4.69, 9.17) is 19.3 Å². The van der Waals surface area contributed by atoms with Crippen molar-refractivity contribution < 1.29 is 28.9 Å². The Morgan fingerprint density at radius 2 is 1.87 bits per heavy atom. The highest BCUT2D eigenvalue weighted by Gasteiger charge is 2.29. The third-order valence-electron chi connectivity index (χ3n) is 5.47. The fourth-order valence-electron chi connectivity index (χ4n) is 3.41. The highest BCUT2D eigenvalue weighted by atomic mass is 16.5. The molecule has 8 heteroatoms. The van der Waals surface area contributed by atoms with E-state index in [1.807, 2.05) is 30.3 Å². The molecule has 1 aromatic rings. The van der Waals surface area contributed by atoms with Gasteiger partial charge in [-0.05, 0) is 24.1 Å². The van der Waals surface area contributed by atoms with Crippen LogP contribution in [0, 0.1) is 0 Å². The van der Waals surface area contributed by atoms with E-state index in [0.717, 1.165) is 24.1 Å². The van der Waals surface area contributed by atoms with E-state index in [2.05, 4.69) is 6.08 Å². The second-order valence-corrected chi connectivity index (χ2v) is 7.73. The molecule has 0 saturated carbocycles. The molecule has 1 heterocycles. The van der Waals surface area contributed by atoms with Gasteiger partial charge in [-0.25, -0.2) is 4.79 Å². The molecule has 1 aliphatic heterocycles. The third-order valence-corrected chi connectivity index (χ3v) is 5.47. The molecule has 0 aliphatic carbocycles. The lowest BCUT2D eigenvalue weighted by atomic mass is 9.93. The number of ether oxygens (including phenoxy) is 3. The van der Waals surface area contributed by atoms with Gasteiger partial charge < -0.3 is 24.2 Å². The van der Waals surface area contributed by atoms with Crippen LogP contribution >= 0.6 is 0 Å². The molecule has 2 rings (SSSR count). The molecule has 0 unspecified atom stereocenters. The van der Waals surface area contributed by atoms with Gasteiger partial charge in [-0.15, -0.1) is 0 Å². The van der Waals surface area contributed by atoms with Gasteiger partial charge in [0.05, 0.1) is 18.8 Å². The number of rotatable bonds is 11. The summed E-state index contributed by atoms with van der Waals surface area (Å²) in [4.78, 5) is 26.2. The predicted molar refractivity (Wildman–Crippen MR) is 118 cm³/mol. The molecule has 0 radical (unpaired) electrons. The number of anilines is 1. The number of carbonyl (C=O) groups excluding carboxylic acids is 1. The number of aliphatic carboxylic acids is 1. The largest absolute Gasteiger partial charge is 0.481 e. The number of benzene rings is 1. The van der Waals surface area contributed by atoms with Crippen LogP contribution in [0.4, 0.5) is 10.5 Å². The minimum Gasteiger partial charge on any atom is -0.481 e. The van der Waals surface area contributed by atoms with E-state index >= 15 is 0 Å². The van der Waals surface area contributed by atoms with Crippen molar-refractivity contribution in [2.45, 2.75) is 37.9 Å². The summed E-state index contributed by atoms with van der Waals surface area (Å²) in [5, 5.41) is 8.71. The van der Waals surface area contributed by atoms with Crippen molar-refractivity contribution in [3.8, 4) is 0 Å². The van der Waals surface area contributed by atoms with Crippen molar-refractivity contribution in [1.82, 2.24) is 4.90 Å². The lowest BCUT2D eigenvalue weighted by Crippen LogP contribution is -2.39. The molecule has 0 bridgehead atoms. The van der Waals surface area contributed by atoms with E-state index in [0.29, 0.717) is 39.4 Å². The first kappa shape index (κ1) is 24.8. The molecule has 0 atom stereocenters. The number of hydrogen-bond donors (Lipinski definition) is 1. The second-order valence-electron chi connectivity index (χ2n) is 7.73. The first-order valence-electron chi connectivity index (χ1n) is 10.5. The summed E-state index contributed by atoms with van der Waals surface area (Å²) >= 11 is 0. The maximum Gasteiger partial charge on any atom is 0.323 e. The Balaban J connectivity index is 1.77. The van der Waals surface area contributed by atoms with Crippen LogP contribution < -0.4 is 4.90 Å². The lowest BCUT2D eigenvalue weighted by Gasteiger charge is -2.33. The van der Waals surface area contributed by atoms with E-state index in [9.17, 15) is 9.59 Å². The Morgan fingerprint density at radius 3 is 2.48 bits per heavy atom. The SMILES string of the molecule is COC1(/C=C/COCc2ccc(N(C)C(=O)N(C)CCCC(=O)O)cc2)CCOCC1. The first-order valence-corrected chi connectivity index (χ1v) is 10.5. The Kier molecular flexibility index (Phi) is 9.97. The van der Waals surface area contributed by atoms with Gasteiger partial charge >= 0.3 is 12.0 Å². The van der Waals surface area contributed by atoms with Crippen LogP contribution in [-0.4, -0.2) is 75.2 Å². The summed E-state index contributed by atoms with van der Waals surface area (Å²) in [6.07, 6.45) is 6.24.